The molecule has 0 atom stereocenters. The predicted octanol–water partition coefficient (Wildman–Crippen LogP) is 0.667. The van der Waals surface area contributed by atoms with Crippen molar-refractivity contribution in [2.75, 3.05) is 52.3 Å². The van der Waals surface area contributed by atoms with Crippen LogP contribution in [-0.2, 0) is 32.5 Å². The molecule has 0 radical (unpaired) electrons. The van der Waals surface area contributed by atoms with Gasteiger partial charge in [-0.1, -0.05) is 0 Å². The van der Waals surface area contributed by atoms with Gasteiger partial charge in [-0.25, -0.2) is 0 Å². The average Bonchev–Trinajstić information content (AvgIpc) is 2.42. The van der Waals surface area contributed by atoms with Gasteiger partial charge in [0.2, 0.25) is 0 Å². The van der Waals surface area contributed by atoms with Crippen molar-refractivity contribution in [2.45, 2.75) is 0 Å². The second-order valence-corrected chi connectivity index (χ2v) is 11.2. The van der Waals surface area contributed by atoms with E-state index in [4.69, 9.17) is 9.05 Å². The van der Waals surface area contributed by atoms with Gasteiger partial charge in [-0.05, 0) is 0 Å². The monoisotopic (exact) mass is 340 g/mol. The molecule has 118 valence electrons. The molecule has 0 rings (SSSR count). The fraction of sp³-hybridized carbons (Fsp3) is 1.00. The molecule has 0 aliphatic carbocycles. The fourth-order valence-electron chi connectivity index (χ4n) is 1.18. The van der Waals surface area contributed by atoms with Crippen LogP contribution in [0.15, 0.2) is 0 Å². The second-order valence-electron chi connectivity index (χ2n) is 3.72. The molecule has 0 aromatic heterocycles. The molecular weight excluding hydrogens is 318 g/mol. The van der Waals surface area contributed by atoms with Crippen molar-refractivity contribution in [3.63, 3.8) is 0 Å². The van der Waals surface area contributed by atoms with Crippen LogP contribution in [-0.4, -0.2) is 65.6 Å². The van der Waals surface area contributed by atoms with Crippen molar-refractivity contribution in [3.8, 4) is 0 Å². The van der Waals surface area contributed by atoms with E-state index in [9.17, 15) is 17.9 Å². The summed E-state index contributed by atoms with van der Waals surface area (Å²) in [6, 6.07) is 0. The molecular formula is C8H22O8P2S. The van der Waals surface area contributed by atoms with Crippen LogP contribution in [0, 0.1) is 0 Å². The standard InChI is InChI=1S/C8H22O8P2S/c1-13-17(9,14-2)5-7-19(11,12)8-6-18(10,15-3)16-4/h9,17H,5-8H2,1-4H3. The summed E-state index contributed by atoms with van der Waals surface area (Å²) < 4.78 is 54.1. The number of hydrogen-bond donors (Lipinski definition) is 1. The Balaban J connectivity index is 4.47. The fourth-order valence-corrected chi connectivity index (χ4v) is 6.76. The van der Waals surface area contributed by atoms with Gasteiger partial charge in [0.25, 0.3) is 0 Å². The van der Waals surface area contributed by atoms with Crippen molar-refractivity contribution in [2.24, 2.45) is 0 Å². The topological polar surface area (TPSA) is 108 Å². The Hall–Kier alpha value is 0.410. The second kappa shape index (κ2) is 8.00. The van der Waals surface area contributed by atoms with Crippen molar-refractivity contribution in [1.82, 2.24) is 0 Å². The van der Waals surface area contributed by atoms with Crippen molar-refractivity contribution >= 4 is 25.4 Å². The Morgan fingerprint density at radius 3 is 1.89 bits per heavy atom. The zero-order valence-corrected chi connectivity index (χ0v) is 14.2. The summed E-state index contributed by atoms with van der Waals surface area (Å²) in [4.78, 5) is 9.74. The normalized spacial score (nSPS) is 14.6. The van der Waals surface area contributed by atoms with Crippen LogP contribution in [0.25, 0.3) is 0 Å². The minimum atomic E-state index is -3.51. The van der Waals surface area contributed by atoms with Gasteiger partial charge in [-0.2, -0.15) is 0 Å². The van der Waals surface area contributed by atoms with Gasteiger partial charge < -0.3 is 0 Å². The van der Waals surface area contributed by atoms with E-state index < -0.39 is 25.4 Å². The van der Waals surface area contributed by atoms with E-state index in [0.29, 0.717) is 0 Å². The zero-order chi connectivity index (χ0) is 15.2. The Labute approximate surface area is 114 Å². The van der Waals surface area contributed by atoms with Gasteiger partial charge in [0.05, 0.1) is 0 Å². The molecule has 0 amide bonds. The molecule has 0 bridgehead atoms. The van der Waals surface area contributed by atoms with Gasteiger partial charge in [-0.3, -0.25) is 0 Å². The molecule has 0 aromatic rings. The molecule has 0 aromatic carbocycles. The molecule has 8 nitrogen and oxygen atoms in total. The summed E-state index contributed by atoms with van der Waals surface area (Å²) in [7, 11) is -5.37. The summed E-state index contributed by atoms with van der Waals surface area (Å²) in [5, 5.41) is 0. The van der Waals surface area contributed by atoms with E-state index in [1.165, 1.54) is 28.4 Å². The maximum absolute atomic E-state index is 11.8. The van der Waals surface area contributed by atoms with Crippen LogP contribution >= 0.6 is 15.5 Å². The molecule has 19 heavy (non-hydrogen) atoms. The molecule has 0 saturated carbocycles. The number of hydrogen-bond acceptors (Lipinski definition) is 8. The predicted molar refractivity (Wildman–Crippen MR) is 74.6 cm³/mol. The van der Waals surface area contributed by atoms with Crippen molar-refractivity contribution in [1.29, 1.82) is 0 Å². The van der Waals surface area contributed by atoms with Crippen LogP contribution in [0.3, 0.4) is 0 Å². The Morgan fingerprint density at radius 2 is 1.53 bits per heavy atom. The summed E-state index contributed by atoms with van der Waals surface area (Å²) in [5.41, 5.74) is 0. The maximum atomic E-state index is 11.8. The average molecular weight is 340 g/mol. The van der Waals surface area contributed by atoms with E-state index in [-0.39, 0.29) is 23.8 Å². The number of sulfone groups is 1. The van der Waals surface area contributed by atoms with E-state index in [2.05, 4.69) is 9.05 Å². The van der Waals surface area contributed by atoms with E-state index >= 15 is 0 Å². The van der Waals surface area contributed by atoms with Gasteiger partial charge in [-0.15, -0.1) is 0 Å². The van der Waals surface area contributed by atoms with Gasteiger partial charge in [0.15, 0.2) is 0 Å². The summed E-state index contributed by atoms with van der Waals surface area (Å²) in [6.07, 6.45) is -0.352. The summed E-state index contributed by atoms with van der Waals surface area (Å²) in [5.74, 6) is -0.672. The van der Waals surface area contributed by atoms with Gasteiger partial charge >= 0.3 is 114 Å². The zero-order valence-electron chi connectivity index (χ0n) is 11.5. The van der Waals surface area contributed by atoms with Gasteiger partial charge in [0, 0.05) is 0 Å². The molecule has 0 unspecified atom stereocenters. The van der Waals surface area contributed by atoms with Gasteiger partial charge in [0.1, 0.15) is 0 Å². The van der Waals surface area contributed by atoms with Crippen LogP contribution in [0.1, 0.15) is 0 Å². The van der Waals surface area contributed by atoms with Crippen molar-refractivity contribution in [3.05, 3.63) is 0 Å². The van der Waals surface area contributed by atoms with Crippen LogP contribution in [0.5, 0.6) is 0 Å². The third-order valence-electron chi connectivity index (χ3n) is 2.60. The Morgan fingerprint density at radius 1 is 1.05 bits per heavy atom. The third-order valence-corrected chi connectivity index (χ3v) is 8.96. The van der Waals surface area contributed by atoms with Crippen molar-refractivity contribution < 1.29 is 36.0 Å². The van der Waals surface area contributed by atoms with E-state index in [1.54, 1.807) is 0 Å². The van der Waals surface area contributed by atoms with Crippen LogP contribution in [0.2, 0.25) is 0 Å². The SMILES string of the molecule is COP(=O)(CCS(=O)(=O)CC[PH](O)(OC)OC)OC. The first kappa shape index (κ1) is 19.4. The van der Waals surface area contributed by atoms with E-state index in [1.807, 2.05) is 0 Å². The van der Waals surface area contributed by atoms with Crippen LogP contribution < -0.4 is 0 Å². The molecule has 1 N–H and O–H groups in total. The molecule has 0 spiro atoms. The molecule has 0 aliphatic heterocycles. The number of rotatable bonds is 10. The summed E-state index contributed by atoms with van der Waals surface area (Å²) >= 11 is 0. The molecule has 0 fully saturated rings. The summed E-state index contributed by atoms with van der Waals surface area (Å²) in [6.45, 7) is 0. The molecule has 0 aliphatic rings. The van der Waals surface area contributed by atoms with E-state index in [0.717, 1.165) is 0 Å². The first-order valence-electron chi connectivity index (χ1n) is 5.39. The Bertz CT molecular complexity index is 397. The first-order valence-corrected chi connectivity index (χ1v) is 10.9. The molecule has 11 heteroatoms. The van der Waals surface area contributed by atoms with Crippen LogP contribution in [0.4, 0.5) is 0 Å². The third kappa shape index (κ3) is 7.11. The molecule has 0 saturated heterocycles. The minimum absolute atomic E-state index is 0.118. The Kier molecular flexibility index (Phi) is 8.17. The molecule has 0 heterocycles. The quantitative estimate of drug-likeness (QED) is 0.578. The first-order chi connectivity index (χ1) is 8.66.